The first-order chi connectivity index (χ1) is 11.7. The van der Waals surface area contributed by atoms with Gasteiger partial charge in [-0.05, 0) is 52.9 Å². The van der Waals surface area contributed by atoms with Crippen molar-refractivity contribution in [1.82, 2.24) is 10.2 Å². The third kappa shape index (κ3) is 4.67. The highest BCUT2D eigenvalue weighted by atomic mass is 32.1. The Balaban J connectivity index is 1.39. The third-order valence-electron chi connectivity index (χ3n) is 4.35. The van der Waals surface area contributed by atoms with Crippen LogP contribution in [-0.2, 0) is 17.8 Å². The Hall–Kier alpha value is -2.16. The van der Waals surface area contributed by atoms with E-state index in [1.54, 1.807) is 23.5 Å². The smallest absolute Gasteiger partial charge is 0.220 e. The molecule has 2 aromatic rings. The van der Waals surface area contributed by atoms with Crippen LogP contribution in [0, 0.1) is 11.3 Å². The van der Waals surface area contributed by atoms with E-state index in [1.807, 2.05) is 12.1 Å². The van der Waals surface area contributed by atoms with Crippen molar-refractivity contribution in [2.75, 3.05) is 13.1 Å². The van der Waals surface area contributed by atoms with Crippen LogP contribution < -0.4 is 5.32 Å². The van der Waals surface area contributed by atoms with Crippen LogP contribution in [0.2, 0.25) is 0 Å². The van der Waals surface area contributed by atoms with Gasteiger partial charge in [-0.1, -0.05) is 12.1 Å². The van der Waals surface area contributed by atoms with E-state index in [0.29, 0.717) is 18.4 Å². The van der Waals surface area contributed by atoms with Crippen molar-refractivity contribution in [2.24, 2.45) is 0 Å². The molecule has 5 heteroatoms. The lowest BCUT2D eigenvalue weighted by Gasteiger charge is -2.16. The van der Waals surface area contributed by atoms with Gasteiger partial charge in [0.1, 0.15) is 0 Å². The summed E-state index contributed by atoms with van der Waals surface area (Å²) in [5, 5.41) is 16.2. The molecule has 1 N–H and O–H groups in total. The van der Waals surface area contributed by atoms with Crippen molar-refractivity contribution in [3.05, 3.63) is 57.8 Å². The van der Waals surface area contributed by atoms with E-state index in [0.717, 1.165) is 31.6 Å². The molecule has 1 aromatic heterocycles. The number of aryl methyl sites for hydroxylation is 1. The lowest BCUT2D eigenvalue weighted by atomic mass is 10.1. The van der Waals surface area contributed by atoms with Crippen molar-refractivity contribution in [2.45, 2.75) is 31.8 Å². The van der Waals surface area contributed by atoms with Crippen LogP contribution in [0.3, 0.4) is 0 Å². The average Bonchev–Trinajstić information content (AvgIpc) is 3.26. The number of hydrogen-bond acceptors (Lipinski definition) is 4. The molecule has 1 unspecified atom stereocenters. The zero-order chi connectivity index (χ0) is 16.8. The van der Waals surface area contributed by atoms with E-state index in [2.05, 4.69) is 33.1 Å². The highest BCUT2D eigenvalue weighted by Gasteiger charge is 2.23. The minimum Gasteiger partial charge on any atom is -0.352 e. The summed E-state index contributed by atoms with van der Waals surface area (Å²) in [6.07, 6.45) is 2.22. The molecule has 1 aliphatic heterocycles. The molecule has 0 bridgehead atoms. The van der Waals surface area contributed by atoms with Gasteiger partial charge < -0.3 is 5.32 Å². The molecule has 1 atom stereocenters. The Bertz CT molecular complexity index is 703. The Morgan fingerprint density at radius 1 is 1.29 bits per heavy atom. The molecule has 4 nitrogen and oxygen atoms in total. The molecule has 1 fully saturated rings. The lowest BCUT2D eigenvalue weighted by molar-refractivity contribution is -0.121. The fraction of sp³-hybridized carbons (Fsp3) is 0.368. The number of carbonyl (C=O) groups excluding carboxylic acids is 1. The van der Waals surface area contributed by atoms with Gasteiger partial charge in [0.2, 0.25) is 5.91 Å². The van der Waals surface area contributed by atoms with Gasteiger partial charge in [-0.15, -0.1) is 0 Å². The second kappa shape index (κ2) is 8.09. The van der Waals surface area contributed by atoms with Gasteiger partial charge in [0.05, 0.1) is 11.6 Å². The first-order valence-corrected chi connectivity index (χ1v) is 9.19. The first-order valence-electron chi connectivity index (χ1n) is 8.25. The van der Waals surface area contributed by atoms with Gasteiger partial charge in [-0.2, -0.15) is 16.6 Å². The van der Waals surface area contributed by atoms with Crippen LogP contribution in [0.4, 0.5) is 0 Å². The monoisotopic (exact) mass is 339 g/mol. The van der Waals surface area contributed by atoms with Crippen molar-refractivity contribution in [1.29, 1.82) is 5.26 Å². The maximum Gasteiger partial charge on any atom is 0.220 e. The Labute approximate surface area is 146 Å². The van der Waals surface area contributed by atoms with E-state index in [-0.39, 0.29) is 11.9 Å². The van der Waals surface area contributed by atoms with E-state index in [9.17, 15) is 4.79 Å². The second-order valence-electron chi connectivity index (χ2n) is 6.23. The van der Waals surface area contributed by atoms with Crippen LogP contribution in [0.5, 0.6) is 0 Å². The van der Waals surface area contributed by atoms with Gasteiger partial charge in [-0.3, -0.25) is 9.69 Å². The van der Waals surface area contributed by atoms with Crippen LogP contribution in [-0.4, -0.2) is 29.9 Å². The average molecular weight is 339 g/mol. The van der Waals surface area contributed by atoms with E-state index >= 15 is 0 Å². The van der Waals surface area contributed by atoms with Crippen molar-refractivity contribution in [3.63, 3.8) is 0 Å². The normalized spacial score (nSPS) is 17.5. The fourth-order valence-corrected chi connectivity index (χ4v) is 3.70. The molecule has 1 saturated heterocycles. The number of benzene rings is 1. The molecule has 2 heterocycles. The number of nitriles is 1. The molecule has 1 amide bonds. The molecule has 1 aromatic carbocycles. The van der Waals surface area contributed by atoms with Crippen LogP contribution >= 0.6 is 11.3 Å². The van der Waals surface area contributed by atoms with E-state index in [1.165, 1.54) is 5.56 Å². The number of nitrogens with zero attached hydrogens (tertiary/aromatic N) is 2. The Morgan fingerprint density at radius 3 is 2.83 bits per heavy atom. The Kier molecular flexibility index (Phi) is 5.63. The van der Waals surface area contributed by atoms with Gasteiger partial charge in [-0.25, -0.2) is 0 Å². The second-order valence-corrected chi connectivity index (χ2v) is 7.01. The number of nitrogens with one attached hydrogen (secondary N) is 1. The highest BCUT2D eigenvalue weighted by Crippen LogP contribution is 2.15. The molecule has 0 radical (unpaired) electrons. The predicted molar refractivity (Wildman–Crippen MR) is 95.6 cm³/mol. The molecule has 0 saturated carbocycles. The first kappa shape index (κ1) is 16.7. The zero-order valence-corrected chi connectivity index (χ0v) is 14.4. The zero-order valence-electron chi connectivity index (χ0n) is 13.6. The van der Waals surface area contributed by atoms with Crippen molar-refractivity contribution >= 4 is 17.2 Å². The fourth-order valence-electron chi connectivity index (χ4n) is 3.04. The number of thiophene rings is 1. The molecule has 24 heavy (non-hydrogen) atoms. The third-order valence-corrected chi connectivity index (χ3v) is 5.08. The minimum absolute atomic E-state index is 0.113. The number of carbonyl (C=O) groups is 1. The number of hydrogen-bond donors (Lipinski definition) is 1. The standard InChI is InChI=1S/C19H21N3OS/c20-11-16-3-1-15(2-4-16)5-6-19(23)21-18-7-9-22(13-18)12-17-8-10-24-14-17/h1-4,8,10,14,18H,5-7,9,12-13H2,(H,21,23). The van der Waals surface area contributed by atoms with Gasteiger partial charge >= 0.3 is 0 Å². The van der Waals surface area contributed by atoms with E-state index < -0.39 is 0 Å². The molecule has 124 valence electrons. The van der Waals surface area contributed by atoms with Crippen LogP contribution in [0.1, 0.15) is 29.5 Å². The molecular formula is C19H21N3OS. The van der Waals surface area contributed by atoms with Gasteiger partial charge in [0.15, 0.2) is 0 Å². The molecule has 0 aliphatic carbocycles. The summed E-state index contributed by atoms with van der Waals surface area (Å²) >= 11 is 1.73. The SMILES string of the molecule is N#Cc1ccc(CCC(=O)NC2CCN(Cc3ccsc3)C2)cc1. The maximum atomic E-state index is 12.1. The molecule has 0 spiro atoms. The molecule has 1 aliphatic rings. The number of amides is 1. The summed E-state index contributed by atoms with van der Waals surface area (Å²) < 4.78 is 0. The summed E-state index contributed by atoms with van der Waals surface area (Å²) in [4.78, 5) is 14.5. The summed E-state index contributed by atoms with van der Waals surface area (Å²) in [5.41, 5.74) is 3.10. The number of rotatable bonds is 6. The van der Waals surface area contributed by atoms with Gasteiger partial charge in [0.25, 0.3) is 0 Å². The summed E-state index contributed by atoms with van der Waals surface area (Å²) in [7, 11) is 0. The van der Waals surface area contributed by atoms with Crippen LogP contribution in [0.25, 0.3) is 0 Å². The largest absolute Gasteiger partial charge is 0.352 e. The van der Waals surface area contributed by atoms with Gasteiger partial charge in [0, 0.05) is 32.1 Å². The number of likely N-dealkylation sites (tertiary alicyclic amines) is 1. The van der Waals surface area contributed by atoms with E-state index in [4.69, 9.17) is 5.26 Å². The highest BCUT2D eigenvalue weighted by molar-refractivity contribution is 7.07. The van der Waals surface area contributed by atoms with Crippen molar-refractivity contribution < 1.29 is 4.79 Å². The summed E-state index contributed by atoms with van der Waals surface area (Å²) in [6.45, 7) is 2.94. The minimum atomic E-state index is 0.113. The quantitative estimate of drug-likeness (QED) is 0.880. The lowest BCUT2D eigenvalue weighted by Crippen LogP contribution is -2.37. The predicted octanol–water partition coefficient (Wildman–Crippen LogP) is 2.94. The molecule has 3 rings (SSSR count). The summed E-state index contributed by atoms with van der Waals surface area (Å²) in [6, 6.07) is 12.0. The Morgan fingerprint density at radius 2 is 2.12 bits per heavy atom. The summed E-state index contributed by atoms with van der Waals surface area (Å²) in [5.74, 6) is 0.113. The topological polar surface area (TPSA) is 56.1 Å². The van der Waals surface area contributed by atoms with Crippen molar-refractivity contribution in [3.8, 4) is 6.07 Å². The van der Waals surface area contributed by atoms with Crippen LogP contribution in [0.15, 0.2) is 41.1 Å². The maximum absolute atomic E-state index is 12.1. The molecular weight excluding hydrogens is 318 g/mol.